The van der Waals surface area contributed by atoms with Gasteiger partial charge in [-0.2, -0.15) is 0 Å². The molecule has 3 aromatic carbocycles. The SMILES string of the molecule is Cc1cc(OCC(=O)N(Cc2ccc(Cl)c(Cl)c2)[C@H](Cc2ccccc2)C(=O)NC2CCCC2)cc(C)c1Cl. The fraction of sp³-hybridized carbons (Fsp3) is 0.355. The number of halogens is 3. The summed E-state index contributed by atoms with van der Waals surface area (Å²) in [6.07, 6.45) is 4.44. The first-order valence-corrected chi connectivity index (χ1v) is 14.3. The molecule has 1 N–H and O–H groups in total. The van der Waals surface area contributed by atoms with Crippen molar-refractivity contribution in [3.63, 3.8) is 0 Å². The van der Waals surface area contributed by atoms with E-state index in [1.807, 2.05) is 50.2 Å². The summed E-state index contributed by atoms with van der Waals surface area (Å²) in [6, 6.07) is 18.0. The molecule has 0 unspecified atom stereocenters. The average Bonchev–Trinajstić information content (AvgIpc) is 3.43. The number of nitrogens with one attached hydrogen (secondary N) is 1. The molecule has 0 spiro atoms. The molecule has 0 aromatic heterocycles. The topological polar surface area (TPSA) is 58.6 Å². The van der Waals surface area contributed by atoms with Crippen LogP contribution in [0.2, 0.25) is 15.1 Å². The standard InChI is InChI=1S/C31H33Cl3N2O3/c1-20-14-25(15-21(2)30(20)34)39-19-29(37)36(18-23-12-13-26(32)27(33)16-23)28(17-22-8-4-3-5-9-22)31(38)35-24-10-6-7-11-24/h3-5,8-9,12-16,24,28H,6-7,10-11,17-19H2,1-2H3,(H,35,38)/t28-/m1/s1. The van der Waals surface area contributed by atoms with Gasteiger partial charge >= 0.3 is 0 Å². The van der Waals surface area contributed by atoms with Gasteiger partial charge < -0.3 is 15.0 Å². The van der Waals surface area contributed by atoms with Gasteiger partial charge in [0.25, 0.3) is 5.91 Å². The van der Waals surface area contributed by atoms with Crippen molar-refractivity contribution in [1.82, 2.24) is 10.2 Å². The van der Waals surface area contributed by atoms with Crippen LogP contribution in [0, 0.1) is 13.8 Å². The quantitative estimate of drug-likeness (QED) is 0.270. The van der Waals surface area contributed by atoms with E-state index in [1.165, 1.54) is 0 Å². The highest BCUT2D eigenvalue weighted by molar-refractivity contribution is 6.42. The van der Waals surface area contributed by atoms with Crippen molar-refractivity contribution in [3.05, 3.63) is 98.0 Å². The largest absolute Gasteiger partial charge is 0.484 e. The summed E-state index contributed by atoms with van der Waals surface area (Å²) < 4.78 is 5.93. The van der Waals surface area contributed by atoms with Crippen molar-refractivity contribution in [2.75, 3.05) is 6.61 Å². The van der Waals surface area contributed by atoms with Crippen molar-refractivity contribution in [1.29, 1.82) is 0 Å². The zero-order valence-corrected chi connectivity index (χ0v) is 24.5. The highest BCUT2D eigenvalue weighted by Gasteiger charge is 2.32. The Labute approximate surface area is 245 Å². The number of ether oxygens (including phenoxy) is 1. The Morgan fingerprint density at radius 2 is 1.59 bits per heavy atom. The van der Waals surface area contributed by atoms with Crippen LogP contribution in [0.1, 0.15) is 47.9 Å². The Balaban J connectivity index is 1.64. The molecule has 5 nitrogen and oxygen atoms in total. The molecule has 1 saturated carbocycles. The molecule has 4 rings (SSSR count). The summed E-state index contributed by atoms with van der Waals surface area (Å²) in [7, 11) is 0. The summed E-state index contributed by atoms with van der Waals surface area (Å²) in [5.74, 6) is 0.0680. The molecule has 1 aliphatic carbocycles. The second kappa shape index (κ2) is 13.6. The fourth-order valence-corrected chi connectivity index (χ4v) is 5.40. The molecule has 0 aliphatic heterocycles. The number of carbonyl (C=O) groups excluding carboxylic acids is 2. The maximum Gasteiger partial charge on any atom is 0.261 e. The monoisotopic (exact) mass is 586 g/mol. The first-order valence-electron chi connectivity index (χ1n) is 13.2. The van der Waals surface area contributed by atoms with Crippen molar-refractivity contribution in [2.45, 2.75) is 64.6 Å². The second-order valence-electron chi connectivity index (χ2n) is 10.1. The molecular weight excluding hydrogens is 555 g/mol. The van der Waals surface area contributed by atoms with Crippen molar-refractivity contribution < 1.29 is 14.3 Å². The van der Waals surface area contributed by atoms with E-state index in [4.69, 9.17) is 39.5 Å². The molecule has 0 bridgehead atoms. The smallest absolute Gasteiger partial charge is 0.261 e. The van der Waals surface area contributed by atoms with E-state index in [2.05, 4.69) is 5.32 Å². The van der Waals surface area contributed by atoms with Gasteiger partial charge in [-0.05, 0) is 73.2 Å². The van der Waals surface area contributed by atoms with E-state index >= 15 is 0 Å². The van der Waals surface area contributed by atoms with Crippen LogP contribution < -0.4 is 10.1 Å². The van der Waals surface area contributed by atoms with E-state index < -0.39 is 6.04 Å². The molecule has 3 aromatic rings. The lowest BCUT2D eigenvalue weighted by molar-refractivity contribution is -0.143. The lowest BCUT2D eigenvalue weighted by atomic mass is 10.0. The highest BCUT2D eigenvalue weighted by atomic mass is 35.5. The number of nitrogens with zero attached hydrogens (tertiary/aromatic N) is 1. The van der Waals surface area contributed by atoms with E-state index in [0.29, 0.717) is 27.2 Å². The zero-order chi connectivity index (χ0) is 27.9. The minimum Gasteiger partial charge on any atom is -0.484 e. The maximum atomic E-state index is 13.8. The molecule has 8 heteroatoms. The van der Waals surface area contributed by atoms with Gasteiger partial charge in [0.1, 0.15) is 11.8 Å². The van der Waals surface area contributed by atoms with Gasteiger partial charge in [-0.15, -0.1) is 0 Å². The van der Waals surface area contributed by atoms with Gasteiger partial charge in [-0.3, -0.25) is 9.59 Å². The maximum absolute atomic E-state index is 13.8. The average molecular weight is 588 g/mol. The van der Waals surface area contributed by atoms with Crippen LogP contribution in [0.15, 0.2) is 60.7 Å². The minimum atomic E-state index is -0.743. The number of benzene rings is 3. The summed E-state index contributed by atoms with van der Waals surface area (Å²) >= 11 is 18.7. The predicted molar refractivity (Wildman–Crippen MR) is 158 cm³/mol. The van der Waals surface area contributed by atoms with Crippen molar-refractivity contribution in [2.24, 2.45) is 0 Å². The third-order valence-electron chi connectivity index (χ3n) is 7.08. The Morgan fingerprint density at radius 3 is 2.23 bits per heavy atom. The third kappa shape index (κ3) is 7.91. The molecule has 0 saturated heterocycles. The number of hydrogen-bond donors (Lipinski definition) is 1. The van der Waals surface area contributed by atoms with Crippen LogP contribution in [-0.2, 0) is 22.6 Å². The molecule has 0 heterocycles. The molecule has 2 amide bonds. The number of hydrogen-bond acceptors (Lipinski definition) is 3. The van der Waals surface area contributed by atoms with E-state index in [-0.39, 0.29) is 31.0 Å². The number of aryl methyl sites for hydroxylation is 2. The highest BCUT2D eigenvalue weighted by Crippen LogP contribution is 2.27. The Morgan fingerprint density at radius 1 is 0.923 bits per heavy atom. The first-order chi connectivity index (χ1) is 18.7. The van der Waals surface area contributed by atoms with Crippen LogP contribution in [-0.4, -0.2) is 35.4 Å². The van der Waals surface area contributed by atoms with Crippen LogP contribution in [0.3, 0.4) is 0 Å². The number of amides is 2. The van der Waals surface area contributed by atoms with Crippen molar-refractivity contribution in [3.8, 4) is 5.75 Å². The van der Waals surface area contributed by atoms with Crippen LogP contribution in [0.4, 0.5) is 0 Å². The molecule has 1 atom stereocenters. The van der Waals surface area contributed by atoms with Gasteiger partial charge in [-0.1, -0.05) is 84.0 Å². The van der Waals surface area contributed by atoms with Gasteiger partial charge in [0.05, 0.1) is 10.0 Å². The normalized spacial score (nSPS) is 14.2. The Bertz CT molecular complexity index is 1290. The number of carbonyl (C=O) groups is 2. The predicted octanol–water partition coefficient (Wildman–Crippen LogP) is 7.34. The van der Waals surface area contributed by atoms with Crippen LogP contribution in [0.5, 0.6) is 5.75 Å². The molecule has 1 fully saturated rings. The van der Waals surface area contributed by atoms with E-state index in [9.17, 15) is 9.59 Å². The van der Waals surface area contributed by atoms with Gasteiger partial charge in [0.2, 0.25) is 5.91 Å². The molecule has 1 aliphatic rings. The summed E-state index contributed by atoms with van der Waals surface area (Å²) in [5, 5.41) is 4.68. The Hall–Kier alpha value is -2.73. The molecule has 206 valence electrons. The van der Waals surface area contributed by atoms with E-state index in [1.54, 1.807) is 29.2 Å². The van der Waals surface area contributed by atoms with E-state index in [0.717, 1.165) is 47.9 Å². The van der Waals surface area contributed by atoms with Gasteiger partial charge in [0, 0.05) is 24.0 Å². The second-order valence-corrected chi connectivity index (χ2v) is 11.3. The van der Waals surface area contributed by atoms with Crippen LogP contribution in [0.25, 0.3) is 0 Å². The molecule has 39 heavy (non-hydrogen) atoms. The first kappa shape index (κ1) is 29.3. The van der Waals surface area contributed by atoms with Gasteiger partial charge in [-0.25, -0.2) is 0 Å². The lowest BCUT2D eigenvalue weighted by Crippen LogP contribution is -2.53. The minimum absolute atomic E-state index is 0.119. The summed E-state index contributed by atoms with van der Waals surface area (Å²) in [5.41, 5.74) is 3.46. The van der Waals surface area contributed by atoms with Crippen molar-refractivity contribution >= 4 is 46.6 Å². The fourth-order valence-electron chi connectivity index (χ4n) is 4.97. The molecular formula is C31H33Cl3N2O3. The lowest BCUT2D eigenvalue weighted by Gasteiger charge is -2.32. The Kier molecular flexibility index (Phi) is 10.2. The zero-order valence-electron chi connectivity index (χ0n) is 22.2. The number of rotatable bonds is 10. The molecule has 0 radical (unpaired) electrons. The third-order valence-corrected chi connectivity index (χ3v) is 8.42. The van der Waals surface area contributed by atoms with Gasteiger partial charge in [0.15, 0.2) is 6.61 Å². The van der Waals surface area contributed by atoms with Crippen LogP contribution >= 0.6 is 34.8 Å². The summed E-state index contributed by atoms with van der Waals surface area (Å²) in [6.45, 7) is 3.73. The summed E-state index contributed by atoms with van der Waals surface area (Å²) in [4.78, 5) is 29.2.